The van der Waals surface area contributed by atoms with Gasteiger partial charge in [0.25, 0.3) is 5.69 Å². The number of nitro groups is 1. The van der Waals surface area contributed by atoms with E-state index in [9.17, 15) is 18.5 Å². The summed E-state index contributed by atoms with van der Waals surface area (Å²) in [5.41, 5.74) is 1.94. The summed E-state index contributed by atoms with van der Waals surface area (Å²) in [4.78, 5) is 12.6. The average Bonchev–Trinajstić information content (AvgIpc) is 3.12. The first-order chi connectivity index (χ1) is 12.7. The monoisotopic (exact) mass is 389 g/mol. The molecule has 144 valence electrons. The predicted molar refractivity (Wildman–Crippen MR) is 104 cm³/mol. The van der Waals surface area contributed by atoms with Crippen LogP contribution in [0.5, 0.6) is 0 Å². The molecule has 2 aromatic carbocycles. The number of hydrogen-bond donors (Lipinski definition) is 0. The molecule has 1 aliphatic rings. The zero-order valence-corrected chi connectivity index (χ0v) is 16.4. The van der Waals surface area contributed by atoms with Crippen molar-refractivity contribution in [3.8, 4) is 0 Å². The van der Waals surface area contributed by atoms with Crippen molar-refractivity contribution in [3.05, 3.63) is 63.7 Å². The molecule has 0 bridgehead atoms. The molecule has 2 aromatic rings. The van der Waals surface area contributed by atoms with E-state index >= 15 is 0 Å². The van der Waals surface area contributed by atoms with Crippen LogP contribution in [0.2, 0.25) is 0 Å². The van der Waals surface area contributed by atoms with Crippen molar-refractivity contribution in [2.75, 3.05) is 25.5 Å². The fraction of sp³-hybridized carbons (Fsp3) is 0.368. The molecule has 8 heteroatoms. The Bertz CT molecular complexity index is 973. The van der Waals surface area contributed by atoms with Crippen LogP contribution in [0.3, 0.4) is 0 Å². The van der Waals surface area contributed by atoms with Gasteiger partial charge in [0.05, 0.1) is 15.9 Å². The molecule has 27 heavy (non-hydrogen) atoms. The van der Waals surface area contributed by atoms with Gasteiger partial charge >= 0.3 is 0 Å². The van der Waals surface area contributed by atoms with Crippen molar-refractivity contribution in [1.82, 2.24) is 4.31 Å². The maximum atomic E-state index is 13.3. The summed E-state index contributed by atoms with van der Waals surface area (Å²) in [7, 11) is 0.0379. The van der Waals surface area contributed by atoms with Crippen molar-refractivity contribution in [3.63, 3.8) is 0 Å². The summed E-state index contributed by atoms with van der Waals surface area (Å²) in [6.45, 7) is 1.89. The summed E-state index contributed by atoms with van der Waals surface area (Å²) in [6.07, 6.45) is 1.48. The van der Waals surface area contributed by atoms with Gasteiger partial charge in [0, 0.05) is 38.0 Å². The molecule has 1 atom stereocenters. The summed E-state index contributed by atoms with van der Waals surface area (Å²) in [5.74, 6) is 0. The van der Waals surface area contributed by atoms with Crippen molar-refractivity contribution in [2.45, 2.75) is 30.7 Å². The van der Waals surface area contributed by atoms with Gasteiger partial charge < -0.3 is 4.90 Å². The fourth-order valence-corrected chi connectivity index (χ4v) is 5.50. The molecule has 0 aliphatic carbocycles. The number of rotatable bonds is 5. The van der Waals surface area contributed by atoms with E-state index in [0.29, 0.717) is 6.54 Å². The number of sulfonamides is 1. The molecule has 1 unspecified atom stereocenters. The van der Waals surface area contributed by atoms with E-state index in [1.807, 2.05) is 43.3 Å². The highest BCUT2D eigenvalue weighted by molar-refractivity contribution is 7.89. The second-order valence-corrected chi connectivity index (χ2v) is 8.78. The quantitative estimate of drug-likeness (QED) is 0.577. The van der Waals surface area contributed by atoms with Crippen molar-refractivity contribution >= 4 is 21.4 Å². The van der Waals surface area contributed by atoms with Gasteiger partial charge in [0.1, 0.15) is 0 Å². The van der Waals surface area contributed by atoms with Crippen LogP contribution in [0.15, 0.2) is 47.4 Å². The smallest absolute Gasteiger partial charge is 0.273 e. The van der Waals surface area contributed by atoms with Crippen LogP contribution in [0.4, 0.5) is 11.4 Å². The number of nitrogens with zero attached hydrogens (tertiary/aromatic N) is 3. The fourth-order valence-electron chi connectivity index (χ4n) is 3.58. The van der Waals surface area contributed by atoms with Crippen LogP contribution in [0, 0.1) is 17.0 Å². The van der Waals surface area contributed by atoms with Crippen LogP contribution in [0.25, 0.3) is 0 Å². The standard InChI is InChI=1S/C19H23N3O4S/c1-14-17(22(23)24)9-5-11-19(14)27(25,26)21-12-6-10-18(21)15-7-4-8-16(13-15)20(2)3/h4-5,7-9,11,13,18H,6,10,12H2,1-3H3. The first-order valence-corrected chi connectivity index (χ1v) is 10.2. The number of hydrogen-bond acceptors (Lipinski definition) is 5. The summed E-state index contributed by atoms with van der Waals surface area (Å²) in [6, 6.07) is 11.8. The van der Waals surface area contributed by atoms with Gasteiger partial charge in [-0.2, -0.15) is 4.31 Å². The summed E-state index contributed by atoms with van der Waals surface area (Å²) >= 11 is 0. The Morgan fingerprint density at radius 1 is 1.19 bits per heavy atom. The lowest BCUT2D eigenvalue weighted by Gasteiger charge is -2.26. The number of nitro benzene ring substituents is 1. The minimum Gasteiger partial charge on any atom is -0.378 e. The molecule has 1 heterocycles. The van der Waals surface area contributed by atoms with Crippen molar-refractivity contribution < 1.29 is 13.3 Å². The highest BCUT2D eigenvalue weighted by atomic mass is 32.2. The Balaban J connectivity index is 2.03. The van der Waals surface area contributed by atoms with E-state index in [4.69, 9.17) is 0 Å². The van der Waals surface area contributed by atoms with Crippen LogP contribution in [-0.4, -0.2) is 38.3 Å². The molecule has 0 radical (unpaired) electrons. The predicted octanol–water partition coefficient (Wildman–Crippen LogP) is 3.50. The van der Waals surface area contributed by atoms with Crippen molar-refractivity contribution in [1.29, 1.82) is 0 Å². The molecule has 0 aromatic heterocycles. The summed E-state index contributed by atoms with van der Waals surface area (Å²) in [5, 5.41) is 11.2. The largest absolute Gasteiger partial charge is 0.378 e. The van der Waals surface area contributed by atoms with Gasteiger partial charge in [0.15, 0.2) is 0 Å². The molecule has 1 saturated heterocycles. The second kappa shape index (κ2) is 7.28. The van der Waals surface area contributed by atoms with Gasteiger partial charge in [-0.25, -0.2) is 8.42 Å². The summed E-state index contributed by atoms with van der Waals surface area (Å²) < 4.78 is 28.1. The Hall–Kier alpha value is -2.45. The van der Waals surface area contributed by atoms with Crippen LogP contribution in [0.1, 0.15) is 30.0 Å². The third kappa shape index (κ3) is 3.54. The molecule has 1 aliphatic heterocycles. The maximum Gasteiger partial charge on any atom is 0.273 e. The normalized spacial score (nSPS) is 17.8. The van der Waals surface area contributed by atoms with Crippen molar-refractivity contribution in [2.24, 2.45) is 0 Å². The Labute approximate surface area is 159 Å². The number of benzene rings is 2. The SMILES string of the molecule is Cc1c([N+](=O)[O-])cccc1S(=O)(=O)N1CCCC1c1cccc(N(C)C)c1. The highest BCUT2D eigenvalue weighted by Gasteiger charge is 2.38. The Morgan fingerprint density at radius 2 is 1.89 bits per heavy atom. The third-order valence-corrected chi connectivity index (χ3v) is 7.07. The maximum absolute atomic E-state index is 13.3. The Morgan fingerprint density at radius 3 is 2.56 bits per heavy atom. The molecule has 0 N–H and O–H groups in total. The first-order valence-electron chi connectivity index (χ1n) is 8.76. The van der Waals surface area contributed by atoms with E-state index in [1.165, 1.54) is 29.4 Å². The minimum absolute atomic E-state index is 0.00682. The van der Waals surface area contributed by atoms with Gasteiger partial charge in [-0.3, -0.25) is 10.1 Å². The Kier molecular flexibility index (Phi) is 5.21. The molecule has 3 rings (SSSR count). The topological polar surface area (TPSA) is 83.8 Å². The number of anilines is 1. The molecule has 1 fully saturated rings. The van der Waals surface area contributed by atoms with E-state index in [2.05, 4.69) is 0 Å². The van der Waals surface area contributed by atoms with E-state index < -0.39 is 14.9 Å². The molecular weight excluding hydrogens is 366 g/mol. The molecule has 0 spiro atoms. The molecule has 7 nitrogen and oxygen atoms in total. The zero-order chi connectivity index (χ0) is 19.8. The van der Waals surface area contributed by atoms with Gasteiger partial charge in [-0.1, -0.05) is 18.2 Å². The second-order valence-electron chi connectivity index (χ2n) is 6.92. The highest BCUT2D eigenvalue weighted by Crippen LogP contribution is 2.39. The van der Waals surface area contributed by atoms with E-state index in [1.54, 1.807) is 0 Å². The zero-order valence-electron chi connectivity index (χ0n) is 15.6. The molecular formula is C19H23N3O4S. The van der Waals surface area contributed by atoms with Gasteiger partial charge in [-0.05, 0) is 43.5 Å². The van der Waals surface area contributed by atoms with Gasteiger partial charge in [0.2, 0.25) is 10.0 Å². The lowest BCUT2D eigenvalue weighted by Crippen LogP contribution is -2.31. The third-order valence-electron chi connectivity index (χ3n) is 5.01. The minimum atomic E-state index is -3.84. The van der Waals surface area contributed by atoms with E-state index in [0.717, 1.165) is 24.1 Å². The lowest BCUT2D eigenvalue weighted by molar-refractivity contribution is -0.385. The van der Waals surface area contributed by atoms with Crippen LogP contribution >= 0.6 is 0 Å². The first kappa shape index (κ1) is 19.3. The molecule has 0 amide bonds. The van der Waals surface area contributed by atoms with Crippen LogP contribution < -0.4 is 4.90 Å². The molecule has 0 saturated carbocycles. The lowest BCUT2D eigenvalue weighted by atomic mass is 10.0. The average molecular weight is 389 g/mol. The van der Waals surface area contributed by atoms with Gasteiger partial charge in [-0.15, -0.1) is 0 Å². The van der Waals surface area contributed by atoms with E-state index in [-0.39, 0.29) is 22.2 Å². The van der Waals surface area contributed by atoms with Crippen LogP contribution in [-0.2, 0) is 10.0 Å².